The van der Waals surface area contributed by atoms with Crippen LogP contribution in [0.4, 0.5) is 11.4 Å². The Bertz CT molecular complexity index is 909. The molecule has 0 spiro atoms. The van der Waals surface area contributed by atoms with Gasteiger partial charge < -0.3 is 5.11 Å². The Labute approximate surface area is 148 Å². The van der Waals surface area contributed by atoms with Gasteiger partial charge >= 0.3 is 0 Å². The minimum absolute atomic E-state index is 0.00556. The van der Waals surface area contributed by atoms with Gasteiger partial charge in [0, 0.05) is 36.2 Å². The largest absolute Gasteiger partial charge is 0.388 e. The second kappa shape index (κ2) is 7.01. The molecular formula is C18H16N2O6. The Morgan fingerprint density at radius 2 is 1.50 bits per heavy atom. The Morgan fingerprint density at radius 1 is 0.885 bits per heavy atom. The molecule has 0 aliphatic heterocycles. The molecule has 1 atom stereocenters. The molecule has 2 aliphatic carbocycles. The molecule has 0 saturated carbocycles. The lowest BCUT2D eigenvalue weighted by molar-refractivity contribution is -0.385. The van der Waals surface area contributed by atoms with Gasteiger partial charge in [0.25, 0.3) is 11.4 Å². The fraction of sp³-hybridized carbons (Fsp3) is 0.278. The summed E-state index contributed by atoms with van der Waals surface area (Å²) in [6.07, 6.45) is 2.17. The molecule has 8 nitrogen and oxygen atoms in total. The standard InChI is InChI=1S/C9H9NO3.C9H7NO3/c2*11-9-4-2-6-1-3-7(10(12)13)5-8(6)9/h1,3,5,9,11H,2,4H2;1,3,5H,2,4H2. The number of carbonyl (C=O) groups excluding carboxylic acids is 1. The molecule has 0 radical (unpaired) electrons. The number of nitrogens with zero attached hydrogens (tertiary/aromatic N) is 2. The van der Waals surface area contributed by atoms with Gasteiger partial charge in [-0.05, 0) is 36.0 Å². The molecule has 0 aromatic heterocycles. The molecule has 0 heterocycles. The fourth-order valence-corrected chi connectivity index (χ4v) is 3.22. The van der Waals surface area contributed by atoms with Crippen molar-refractivity contribution in [1.29, 1.82) is 0 Å². The van der Waals surface area contributed by atoms with E-state index >= 15 is 0 Å². The number of aryl methyl sites for hydroxylation is 2. The van der Waals surface area contributed by atoms with Crippen molar-refractivity contribution in [3.63, 3.8) is 0 Å². The third kappa shape index (κ3) is 3.45. The number of hydrogen-bond acceptors (Lipinski definition) is 6. The number of nitro groups is 2. The lowest BCUT2D eigenvalue weighted by Gasteiger charge is -2.02. The number of fused-ring (bicyclic) bond motifs is 2. The van der Waals surface area contributed by atoms with E-state index in [9.17, 15) is 30.1 Å². The first kappa shape index (κ1) is 17.7. The molecule has 26 heavy (non-hydrogen) atoms. The van der Waals surface area contributed by atoms with Gasteiger partial charge in [0.2, 0.25) is 0 Å². The zero-order valence-corrected chi connectivity index (χ0v) is 13.8. The second-order valence-corrected chi connectivity index (χ2v) is 6.22. The highest BCUT2D eigenvalue weighted by molar-refractivity contribution is 6.00. The van der Waals surface area contributed by atoms with Crippen LogP contribution in [0.3, 0.4) is 0 Å². The summed E-state index contributed by atoms with van der Waals surface area (Å²) < 4.78 is 0. The molecular weight excluding hydrogens is 340 g/mol. The van der Waals surface area contributed by atoms with Crippen LogP contribution < -0.4 is 0 Å². The summed E-state index contributed by atoms with van der Waals surface area (Å²) in [4.78, 5) is 31.1. The highest BCUT2D eigenvalue weighted by Gasteiger charge is 2.23. The topological polar surface area (TPSA) is 124 Å². The van der Waals surface area contributed by atoms with Crippen LogP contribution in [0.15, 0.2) is 36.4 Å². The molecule has 2 aliphatic rings. The zero-order chi connectivity index (χ0) is 18.8. The summed E-state index contributed by atoms with van der Waals surface area (Å²) in [5, 5.41) is 30.3. The highest BCUT2D eigenvalue weighted by atomic mass is 16.6. The van der Waals surface area contributed by atoms with E-state index in [4.69, 9.17) is 0 Å². The van der Waals surface area contributed by atoms with Crippen LogP contribution >= 0.6 is 0 Å². The van der Waals surface area contributed by atoms with Crippen molar-refractivity contribution in [2.45, 2.75) is 31.8 Å². The maximum atomic E-state index is 11.2. The fourth-order valence-electron chi connectivity index (χ4n) is 3.22. The maximum absolute atomic E-state index is 11.2. The van der Waals surface area contributed by atoms with Gasteiger partial charge in [-0.15, -0.1) is 0 Å². The minimum Gasteiger partial charge on any atom is -0.388 e. The van der Waals surface area contributed by atoms with E-state index in [1.165, 1.54) is 24.3 Å². The van der Waals surface area contributed by atoms with Crippen LogP contribution in [0.1, 0.15) is 46.0 Å². The van der Waals surface area contributed by atoms with E-state index in [-0.39, 0.29) is 17.2 Å². The van der Waals surface area contributed by atoms with Gasteiger partial charge in [0.05, 0.1) is 16.0 Å². The van der Waals surface area contributed by atoms with E-state index in [0.717, 1.165) is 17.5 Å². The average Bonchev–Trinajstić information content (AvgIpc) is 3.18. The molecule has 0 saturated heterocycles. The van der Waals surface area contributed by atoms with Crippen molar-refractivity contribution in [1.82, 2.24) is 0 Å². The number of hydrogen-bond donors (Lipinski definition) is 1. The third-order valence-corrected chi connectivity index (χ3v) is 4.61. The number of ketones is 1. The van der Waals surface area contributed by atoms with Gasteiger partial charge in [-0.25, -0.2) is 0 Å². The first-order valence-electron chi connectivity index (χ1n) is 8.12. The molecule has 134 valence electrons. The predicted octanol–water partition coefficient (Wildman–Crippen LogP) is 3.30. The smallest absolute Gasteiger partial charge is 0.270 e. The van der Waals surface area contributed by atoms with Crippen molar-refractivity contribution in [2.75, 3.05) is 0 Å². The van der Waals surface area contributed by atoms with Gasteiger partial charge in [-0.3, -0.25) is 25.0 Å². The summed E-state index contributed by atoms with van der Waals surface area (Å²) in [6, 6.07) is 9.15. The quantitative estimate of drug-likeness (QED) is 0.650. The molecule has 4 rings (SSSR count). The molecule has 0 fully saturated rings. The Hall–Kier alpha value is -3.13. The zero-order valence-electron chi connectivity index (χ0n) is 13.8. The van der Waals surface area contributed by atoms with Crippen molar-refractivity contribution in [2.24, 2.45) is 0 Å². The number of rotatable bonds is 2. The Balaban J connectivity index is 0.000000151. The number of aliphatic hydroxyl groups excluding tert-OH is 1. The van der Waals surface area contributed by atoms with Gasteiger partial charge in [0.15, 0.2) is 5.78 Å². The van der Waals surface area contributed by atoms with Crippen molar-refractivity contribution in [3.8, 4) is 0 Å². The number of Topliss-reactive ketones (excluding diaryl/α,β-unsaturated/α-hetero) is 1. The molecule has 0 amide bonds. The number of non-ortho nitro benzene ring substituents is 2. The number of nitro benzene ring substituents is 2. The van der Waals surface area contributed by atoms with Crippen molar-refractivity contribution < 1.29 is 19.7 Å². The molecule has 1 N–H and O–H groups in total. The lowest BCUT2D eigenvalue weighted by atomic mass is 10.1. The number of carbonyl (C=O) groups is 1. The van der Waals surface area contributed by atoms with Crippen LogP contribution in [0, 0.1) is 20.2 Å². The summed E-state index contributed by atoms with van der Waals surface area (Å²) in [5.41, 5.74) is 3.24. The summed E-state index contributed by atoms with van der Waals surface area (Å²) >= 11 is 0. The van der Waals surface area contributed by atoms with Gasteiger partial charge in [0.1, 0.15) is 0 Å². The van der Waals surface area contributed by atoms with Crippen LogP contribution in [-0.2, 0) is 12.8 Å². The van der Waals surface area contributed by atoms with E-state index in [2.05, 4.69) is 0 Å². The van der Waals surface area contributed by atoms with Crippen LogP contribution in [0.2, 0.25) is 0 Å². The average molecular weight is 356 g/mol. The summed E-state index contributed by atoms with van der Waals surface area (Å²) in [5.74, 6) is 0.0127. The first-order valence-corrected chi connectivity index (χ1v) is 8.12. The molecule has 0 bridgehead atoms. The van der Waals surface area contributed by atoms with Crippen molar-refractivity contribution in [3.05, 3.63) is 78.9 Å². The summed E-state index contributed by atoms with van der Waals surface area (Å²) in [7, 11) is 0. The Morgan fingerprint density at radius 3 is 2.15 bits per heavy atom. The second-order valence-electron chi connectivity index (χ2n) is 6.22. The molecule has 8 heteroatoms. The summed E-state index contributed by atoms with van der Waals surface area (Å²) in [6.45, 7) is 0. The molecule has 1 unspecified atom stereocenters. The highest BCUT2D eigenvalue weighted by Crippen LogP contribution is 2.33. The van der Waals surface area contributed by atoms with E-state index in [1.807, 2.05) is 0 Å². The van der Waals surface area contributed by atoms with Crippen LogP contribution in [-0.4, -0.2) is 20.7 Å². The third-order valence-electron chi connectivity index (χ3n) is 4.61. The van der Waals surface area contributed by atoms with E-state index < -0.39 is 16.0 Å². The first-order chi connectivity index (χ1) is 12.4. The monoisotopic (exact) mass is 356 g/mol. The Kier molecular flexibility index (Phi) is 4.77. The normalized spacial score (nSPS) is 17.1. The molecule has 2 aromatic carbocycles. The van der Waals surface area contributed by atoms with Gasteiger partial charge in [-0.2, -0.15) is 0 Å². The predicted molar refractivity (Wildman–Crippen MR) is 92.1 cm³/mol. The van der Waals surface area contributed by atoms with E-state index in [0.29, 0.717) is 30.4 Å². The van der Waals surface area contributed by atoms with Gasteiger partial charge in [-0.1, -0.05) is 12.1 Å². The van der Waals surface area contributed by atoms with Crippen LogP contribution in [0.5, 0.6) is 0 Å². The number of aliphatic hydroxyl groups is 1. The minimum atomic E-state index is -0.519. The lowest BCUT2D eigenvalue weighted by Crippen LogP contribution is -1.94. The van der Waals surface area contributed by atoms with Crippen molar-refractivity contribution >= 4 is 17.2 Å². The number of benzene rings is 2. The molecule has 2 aromatic rings. The van der Waals surface area contributed by atoms with Crippen LogP contribution in [0.25, 0.3) is 0 Å². The maximum Gasteiger partial charge on any atom is 0.270 e. The van der Waals surface area contributed by atoms with E-state index in [1.54, 1.807) is 12.1 Å². The SMILES string of the molecule is O=C1CCc2ccc([N+](=O)[O-])cc21.O=[N+]([O-])c1ccc2c(c1)C(O)CC2.